The average molecular weight is 341 g/mol. The van der Waals surface area contributed by atoms with Crippen molar-refractivity contribution in [3.8, 4) is 0 Å². The van der Waals surface area contributed by atoms with Gasteiger partial charge in [-0.2, -0.15) is 0 Å². The minimum atomic E-state index is -1.69. The van der Waals surface area contributed by atoms with Gasteiger partial charge in [-0.3, -0.25) is 0 Å². The summed E-state index contributed by atoms with van der Waals surface area (Å²) in [5, 5.41) is 67.4. The quantitative estimate of drug-likeness (QED) is 0.243. The summed E-state index contributed by atoms with van der Waals surface area (Å²) in [7, 11) is 0. The van der Waals surface area contributed by atoms with Gasteiger partial charge in [0.05, 0.1) is 13.2 Å². The van der Waals surface area contributed by atoms with Crippen molar-refractivity contribution < 1.29 is 50.0 Å². The normalized spacial score (nSPS) is 51.7. The smallest absolute Gasteiger partial charge is 0.187 e. The first-order valence-electron chi connectivity index (χ1n) is 7.15. The molecule has 11 heteroatoms. The van der Waals surface area contributed by atoms with E-state index in [4.69, 9.17) is 25.1 Å². The molecule has 2 heterocycles. The van der Waals surface area contributed by atoms with Crippen molar-refractivity contribution in [2.75, 3.05) is 13.2 Å². The van der Waals surface area contributed by atoms with Gasteiger partial charge in [0.25, 0.3) is 0 Å². The minimum absolute atomic E-state index is 0.598. The van der Waals surface area contributed by atoms with Gasteiger partial charge in [0.2, 0.25) is 0 Å². The molecule has 0 aromatic carbocycles. The highest BCUT2D eigenvalue weighted by Gasteiger charge is 2.49. The molecule has 23 heavy (non-hydrogen) atoms. The maximum atomic E-state index is 10.0. The molecular weight excluding hydrogens is 318 g/mol. The highest BCUT2D eigenvalue weighted by Crippen LogP contribution is 2.28. The molecule has 2 aliphatic rings. The van der Waals surface area contributed by atoms with Crippen LogP contribution in [-0.4, -0.2) is 110 Å². The van der Waals surface area contributed by atoms with E-state index in [0.717, 1.165) is 0 Å². The zero-order valence-corrected chi connectivity index (χ0v) is 12.1. The summed E-state index contributed by atoms with van der Waals surface area (Å²) in [6.45, 7) is -1.25. The van der Waals surface area contributed by atoms with E-state index in [1.807, 2.05) is 0 Å². The molecule has 0 aliphatic carbocycles. The van der Waals surface area contributed by atoms with Crippen LogP contribution in [0.15, 0.2) is 0 Å². The van der Waals surface area contributed by atoms with Crippen LogP contribution in [0.5, 0.6) is 0 Å². The van der Waals surface area contributed by atoms with Crippen molar-refractivity contribution in [2.45, 2.75) is 61.3 Å². The van der Waals surface area contributed by atoms with E-state index in [1.165, 1.54) is 0 Å². The fourth-order valence-electron chi connectivity index (χ4n) is 2.62. The zero-order chi connectivity index (χ0) is 17.3. The first-order valence-corrected chi connectivity index (χ1v) is 7.15. The van der Waals surface area contributed by atoms with Crippen LogP contribution in [0, 0.1) is 0 Å². The second kappa shape index (κ2) is 7.63. The van der Waals surface area contributed by atoms with E-state index < -0.39 is 74.6 Å². The number of aliphatic hydroxyl groups excluding tert-OH is 7. The van der Waals surface area contributed by atoms with Crippen molar-refractivity contribution in [3.63, 3.8) is 0 Å². The number of ether oxygens (including phenoxy) is 3. The summed E-state index contributed by atoms with van der Waals surface area (Å²) in [4.78, 5) is 0. The lowest BCUT2D eigenvalue weighted by Crippen LogP contribution is -2.65. The summed E-state index contributed by atoms with van der Waals surface area (Å²) >= 11 is 0. The number of aliphatic hydroxyl groups is 7. The molecule has 0 aromatic heterocycles. The Balaban J connectivity index is 2.11. The van der Waals surface area contributed by atoms with Crippen LogP contribution in [-0.2, 0) is 14.2 Å². The summed E-state index contributed by atoms with van der Waals surface area (Å²) in [6, 6.07) is 0. The average Bonchev–Trinajstić information content (AvgIpc) is 2.55. The largest absolute Gasteiger partial charge is 0.394 e. The van der Waals surface area contributed by atoms with Crippen molar-refractivity contribution in [1.82, 2.24) is 0 Å². The van der Waals surface area contributed by atoms with E-state index in [0.29, 0.717) is 0 Å². The molecule has 4 unspecified atom stereocenters. The molecule has 0 bridgehead atoms. The lowest BCUT2D eigenvalue weighted by molar-refractivity contribution is -0.341. The van der Waals surface area contributed by atoms with Crippen LogP contribution in [0.4, 0.5) is 0 Å². The first kappa shape index (κ1) is 18.9. The molecule has 0 saturated carbocycles. The van der Waals surface area contributed by atoms with Crippen LogP contribution in [0.1, 0.15) is 0 Å². The predicted octanol–water partition coefficient (Wildman–Crippen LogP) is -5.43. The Morgan fingerprint density at radius 1 is 0.739 bits per heavy atom. The van der Waals surface area contributed by atoms with Crippen LogP contribution in [0.3, 0.4) is 0 Å². The van der Waals surface area contributed by atoms with Crippen LogP contribution in [0.25, 0.3) is 0 Å². The van der Waals surface area contributed by atoms with E-state index in [-0.39, 0.29) is 0 Å². The zero-order valence-electron chi connectivity index (χ0n) is 12.1. The van der Waals surface area contributed by atoms with Crippen LogP contribution in [0.2, 0.25) is 0 Å². The molecule has 2 aliphatic heterocycles. The molecular formula is C12H23NO10. The third-order valence-corrected chi connectivity index (χ3v) is 4.04. The molecule has 11 nitrogen and oxygen atoms in total. The van der Waals surface area contributed by atoms with Crippen LogP contribution >= 0.6 is 0 Å². The van der Waals surface area contributed by atoms with Gasteiger partial charge in [-0.25, -0.2) is 0 Å². The van der Waals surface area contributed by atoms with Gasteiger partial charge < -0.3 is 55.7 Å². The molecule has 10 atom stereocenters. The lowest BCUT2D eigenvalue weighted by Gasteiger charge is -2.45. The van der Waals surface area contributed by atoms with Crippen molar-refractivity contribution in [1.29, 1.82) is 0 Å². The summed E-state index contributed by atoms with van der Waals surface area (Å²) in [5.74, 6) is 0. The van der Waals surface area contributed by atoms with E-state index in [9.17, 15) is 30.6 Å². The highest BCUT2D eigenvalue weighted by molar-refractivity contribution is 4.94. The number of rotatable bonds is 4. The standard InChI is InChI=1S/C12H23NO10/c13-11-8(19)7(18)10(4(2-15)21-11)23-12-9(20)6(17)5(16)3(1-14)22-12/h3-12,14-20H,1-2,13H2/t3?,4?,5-,6-,7+,8?,9?,10-,11+,12-/m0/s1. The predicted molar refractivity (Wildman–Crippen MR) is 70.6 cm³/mol. The van der Waals surface area contributed by atoms with Gasteiger partial charge in [-0.1, -0.05) is 0 Å². The molecule has 0 aromatic rings. The fourth-order valence-corrected chi connectivity index (χ4v) is 2.62. The lowest BCUT2D eigenvalue weighted by atomic mass is 9.96. The minimum Gasteiger partial charge on any atom is -0.394 e. The molecule has 0 spiro atoms. The molecule has 2 saturated heterocycles. The third kappa shape index (κ3) is 3.65. The van der Waals surface area contributed by atoms with Gasteiger partial charge in [0, 0.05) is 0 Å². The number of nitrogens with two attached hydrogens (primary N) is 1. The second-order valence-electron chi connectivity index (χ2n) is 5.60. The second-order valence-corrected chi connectivity index (χ2v) is 5.60. The van der Waals surface area contributed by atoms with Crippen molar-refractivity contribution in [3.05, 3.63) is 0 Å². The molecule has 0 radical (unpaired) electrons. The van der Waals surface area contributed by atoms with Gasteiger partial charge in [-0.05, 0) is 0 Å². The Morgan fingerprint density at radius 2 is 1.35 bits per heavy atom. The Kier molecular flexibility index (Phi) is 6.27. The Labute approximate surface area is 131 Å². The van der Waals surface area contributed by atoms with Gasteiger partial charge in [0.15, 0.2) is 6.29 Å². The number of hydrogen-bond donors (Lipinski definition) is 8. The van der Waals surface area contributed by atoms with Gasteiger partial charge in [-0.15, -0.1) is 0 Å². The molecule has 2 fully saturated rings. The van der Waals surface area contributed by atoms with E-state index >= 15 is 0 Å². The maximum Gasteiger partial charge on any atom is 0.187 e. The summed E-state index contributed by atoms with van der Waals surface area (Å²) < 4.78 is 15.6. The van der Waals surface area contributed by atoms with E-state index in [1.54, 1.807) is 0 Å². The van der Waals surface area contributed by atoms with Crippen LogP contribution < -0.4 is 5.73 Å². The highest BCUT2D eigenvalue weighted by atomic mass is 16.7. The Hall–Kier alpha value is -0.440. The molecule has 2 rings (SSSR count). The molecule has 136 valence electrons. The maximum absolute atomic E-state index is 10.0. The molecule has 0 amide bonds. The monoisotopic (exact) mass is 341 g/mol. The topological polar surface area (TPSA) is 195 Å². The van der Waals surface area contributed by atoms with E-state index in [2.05, 4.69) is 0 Å². The molecule has 9 N–H and O–H groups in total. The van der Waals surface area contributed by atoms with Crippen molar-refractivity contribution >= 4 is 0 Å². The third-order valence-electron chi connectivity index (χ3n) is 4.04. The Bertz CT molecular complexity index is 383. The number of hydrogen-bond acceptors (Lipinski definition) is 11. The fraction of sp³-hybridized carbons (Fsp3) is 1.00. The summed E-state index contributed by atoms with van der Waals surface area (Å²) in [6.07, 6.45) is -14.4. The first-order chi connectivity index (χ1) is 10.8. The van der Waals surface area contributed by atoms with Crippen molar-refractivity contribution in [2.24, 2.45) is 5.73 Å². The SMILES string of the molecule is N[C@@H]1OC(CO)[C@H](O[C@@H]2OC(CO)[C@H](O)[C@H](O)C2O)[C@H](O)C1O. The van der Waals surface area contributed by atoms with Gasteiger partial charge >= 0.3 is 0 Å². The Morgan fingerprint density at radius 3 is 1.91 bits per heavy atom. The summed E-state index contributed by atoms with van der Waals surface area (Å²) in [5.41, 5.74) is 5.46. The van der Waals surface area contributed by atoms with Gasteiger partial charge in [0.1, 0.15) is 55.1 Å².